The van der Waals surface area contributed by atoms with Crippen LogP contribution in [0.4, 0.5) is 0 Å². The molecule has 2 fully saturated rings. The van der Waals surface area contributed by atoms with Gasteiger partial charge in [0, 0.05) is 25.2 Å². The Bertz CT molecular complexity index is 189. The zero-order valence-electron chi connectivity index (χ0n) is 9.79. The predicted molar refractivity (Wildman–Crippen MR) is 60.4 cm³/mol. The van der Waals surface area contributed by atoms with Gasteiger partial charge in [0.05, 0.1) is 0 Å². The SMILES string of the molecule is CC1CC(C)N(C2CNCCC2C)C1. The molecular formula is C12H24N2. The van der Waals surface area contributed by atoms with Gasteiger partial charge in [-0.25, -0.2) is 0 Å². The molecule has 2 nitrogen and oxygen atoms in total. The number of hydrogen-bond donors (Lipinski definition) is 1. The molecular weight excluding hydrogens is 172 g/mol. The van der Waals surface area contributed by atoms with Crippen LogP contribution in [0.2, 0.25) is 0 Å². The van der Waals surface area contributed by atoms with Gasteiger partial charge in [-0.2, -0.15) is 0 Å². The third kappa shape index (κ3) is 1.96. The van der Waals surface area contributed by atoms with E-state index in [2.05, 4.69) is 31.0 Å². The molecule has 4 atom stereocenters. The van der Waals surface area contributed by atoms with Crippen molar-refractivity contribution < 1.29 is 0 Å². The zero-order chi connectivity index (χ0) is 10.1. The summed E-state index contributed by atoms with van der Waals surface area (Å²) in [5.41, 5.74) is 0. The van der Waals surface area contributed by atoms with Gasteiger partial charge in [0.15, 0.2) is 0 Å². The fraction of sp³-hybridized carbons (Fsp3) is 1.00. The Labute approximate surface area is 88.1 Å². The van der Waals surface area contributed by atoms with Gasteiger partial charge in [0.1, 0.15) is 0 Å². The Morgan fingerprint density at radius 3 is 2.57 bits per heavy atom. The fourth-order valence-corrected chi connectivity index (χ4v) is 3.21. The molecule has 0 saturated carbocycles. The van der Waals surface area contributed by atoms with E-state index in [-0.39, 0.29) is 0 Å². The lowest BCUT2D eigenvalue weighted by Gasteiger charge is -2.39. The molecule has 2 saturated heterocycles. The molecule has 82 valence electrons. The third-order valence-electron chi connectivity index (χ3n) is 4.04. The van der Waals surface area contributed by atoms with Gasteiger partial charge in [0.2, 0.25) is 0 Å². The van der Waals surface area contributed by atoms with E-state index in [9.17, 15) is 0 Å². The molecule has 0 spiro atoms. The molecule has 2 aliphatic rings. The maximum atomic E-state index is 3.54. The zero-order valence-corrected chi connectivity index (χ0v) is 9.79. The topological polar surface area (TPSA) is 15.3 Å². The Kier molecular flexibility index (Phi) is 3.13. The van der Waals surface area contributed by atoms with E-state index in [1.165, 1.54) is 32.5 Å². The number of nitrogens with zero attached hydrogens (tertiary/aromatic N) is 1. The molecule has 2 aliphatic heterocycles. The first kappa shape index (κ1) is 10.4. The summed E-state index contributed by atoms with van der Waals surface area (Å²) in [6, 6.07) is 1.60. The summed E-state index contributed by atoms with van der Waals surface area (Å²) in [6.07, 6.45) is 2.74. The highest BCUT2D eigenvalue weighted by atomic mass is 15.2. The minimum absolute atomic E-state index is 0.795. The molecule has 0 radical (unpaired) electrons. The molecule has 1 N–H and O–H groups in total. The highest BCUT2D eigenvalue weighted by Crippen LogP contribution is 2.29. The van der Waals surface area contributed by atoms with Gasteiger partial charge in [-0.05, 0) is 38.1 Å². The summed E-state index contributed by atoms with van der Waals surface area (Å²) >= 11 is 0. The normalized spacial score (nSPS) is 45.6. The second-order valence-corrected chi connectivity index (χ2v) is 5.42. The predicted octanol–water partition coefficient (Wildman–Crippen LogP) is 1.71. The van der Waals surface area contributed by atoms with Crippen LogP contribution in [-0.4, -0.2) is 36.6 Å². The summed E-state index contributed by atoms with van der Waals surface area (Å²) in [5.74, 6) is 1.78. The van der Waals surface area contributed by atoms with Crippen LogP contribution in [0.15, 0.2) is 0 Å². The summed E-state index contributed by atoms with van der Waals surface area (Å²) in [6.45, 7) is 10.9. The largest absolute Gasteiger partial charge is 0.315 e. The first-order chi connectivity index (χ1) is 6.68. The first-order valence-electron chi connectivity index (χ1n) is 6.15. The average Bonchev–Trinajstić information content (AvgIpc) is 2.46. The molecule has 2 heteroatoms. The van der Waals surface area contributed by atoms with E-state index < -0.39 is 0 Å². The van der Waals surface area contributed by atoms with Crippen LogP contribution in [0.1, 0.15) is 33.6 Å². The quantitative estimate of drug-likeness (QED) is 0.687. The monoisotopic (exact) mass is 196 g/mol. The lowest BCUT2D eigenvalue weighted by atomic mass is 9.93. The number of hydrogen-bond acceptors (Lipinski definition) is 2. The second-order valence-electron chi connectivity index (χ2n) is 5.42. The third-order valence-corrected chi connectivity index (χ3v) is 4.04. The average molecular weight is 196 g/mol. The number of likely N-dealkylation sites (tertiary alicyclic amines) is 1. The van der Waals surface area contributed by atoms with Gasteiger partial charge in [-0.15, -0.1) is 0 Å². The van der Waals surface area contributed by atoms with Crippen molar-refractivity contribution in [3.63, 3.8) is 0 Å². The molecule has 0 aromatic carbocycles. The maximum absolute atomic E-state index is 3.54. The molecule has 14 heavy (non-hydrogen) atoms. The first-order valence-corrected chi connectivity index (χ1v) is 6.15. The summed E-state index contributed by atoms with van der Waals surface area (Å²) < 4.78 is 0. The molecule has 0 amide bonds. The van der Waals surface area contributed by atoms with E-state index in [4.69, 9.17) is 0 Å². The van der Waals surface area contributed by atoms with Crippen LogP contribution in [0.3, 0.4) is 0 Å². The fourth-order valence-electron chi connectivity index (χ4n) is 3.21. The maximum Gasteiger partial charge on any atom is 0.0249 e. The van der Waals surface area contributed by atoms with Crippen LogP contribution in [0, 0.1) is 11.8 Å². The molecule has 0 aromatic rings. The minimum Gasteiger partial charge on any atom is -0.315 e. The van der Waals surface area contributed by atoms with Crippen LogP contribution >= 0.6 is 0 Å². The van der Waals surface area contributed by atoms with Crippen molar-refractivity contribution in [3.05, 3.63) is 0 Å². The van der Waals surface area contributed by atoms with E-state index in [1.54, 1.807) is 0 Å². The van der Waals surface area contributed by atoms with Crippen LogP contribution in [-0.2, 0) is 0 Å². The van der Waals surface area contributed by atoms with Gasteiger partial charge >= 0.3 is 0 Å². The molecule has 2 heterocycles. The van der Waals surface area contributed by atoms with Gasteiger partial charge in [-0.1, -0.05) is 13.8 Å². The second kappa shape index (κ2) is 4.19. The lowest BCUT2D eigenvalue weighted by molar-refractivity contribution is 0.115. The Morgan fingerprint density at radius 2 is 2.00 bits per heavy atom. The van der Waals surface area contributed by atoms with Crippen molar-refractivity contribution in [3.8, 4) is 0 Å². The van der Waals surface area contributed by atoms with E-state index in [0.29, 0.717) is 0 Å². The summed E-state index contributed by atoms with van der Waals surface area (Å²) in [4.78, 5) is 2.74. The molecule has 2 rings (SSSR count). The van der Waals surface area contributed by atoms with Crippen molar-refractivity contribution in [2.24, 2.45) is 11.8 Å². The number of rotatable bonds is 1. The number of piperidine rings is 1. The molecule has 0 aromatic heterocycles. The van der Waals surface area contributed by atoms with Crippen molar-refractivity contribution >= 4 is 0 Å². The van der Waals surface area contributed by atoms with E-state index in [0.717, 1.165) is 23.9 Å². The van der Waals surface area contributed by atoms with Gasteiger partial charge in [0.25, 0.3) is 0 Å². The van der Waals surface area contributed by atoms with Crippen LogP contribution in [0.5, 0.6) is 0 Å². The van der Waals surface area contributed by atoms with E-state index in [1.807, 2.05) is 0 Å². The van der Waals surface area contributed by atoms with E-state index >= 15 is 0 Å². The highest BCUT2D eigenvalue weighted by molar-refractivity contribution is 4.90. The van der Waals surface area contributed by atoms with Crippen LogP contribution in [0.25, 0.3) is 0 Å². The lowest BCUT2D eigenvalue weighted by Crippen LogP contribution is -2.51. The Morgan fingerprint density at radius 1 is 1.21 bits per heavy atom. The van der Waals surface area contributed by atoms with Gasteiger partial charge < -0.3 is 5.32 Å². The molecule has 0 bridgehead atoms. The number of nitrogens with one attached hydrogen (secondary N) is 1. The highest BCUT2D eigenvalue weighted by Gasteiger charge is 2.35. The Hall–Kier alpha value is -0.0800. The van der Waals surface area contributed by atoms with Crippen molar-refractivity contribution in [2.75, 3.05) is 19.6 Å². The van der Waals surface area contributed by atoms with Crippen LogP contribution < -0.4 is 5.32 Å². The van der Waals surface area contributed by atoms with Crippen molar-refractivity contribution in [2.45, 2.75) is 45.7 Å². The van der Waals surface area contributed by atoms with Crippen molar-refractivity contribution in [1.82, 2.24) is 10.2 Å². The minimum atomic E-state index is 0.795. The van der Waals surface area contributed by atoms with Crippen molar-refractivity contribution in [1.29, 1.82) is 0 Å². The Balaban J connectivity index is 1.99. The summed E-state index contributed by atoms with van der Waals surface area (Å²) in [7, 11) is 0. The standard InChI is InChI=1S/C12H24N2/c1-9-6-11(3)14(8-9)12-7-13-5-4-10(12)2/h9-13H,4-8H2,1-3H3. The molecule has 4 unspecified atom stereocenters. The van der Waals surface area contributed by atoms with Gasteiger partial charge in [-0.3, -0.25) is 4.90 Å². The smallest absolute Gasteiger partial charge is 0.0249 e. The summed E-state index contributed by atoms with van der Waals surface area (Å²) in [5, 5.41) is 3.54. The molecule has 0 aliphatic carbocycles.